The number of pyridine rings is 2. The van der Waals surface area contributed by atoms with E-state index in [9.17, 15) is 34.2 Å². The Morgan fingerprint density at radius 1 is 1.13 bits per heavy atom. The number of aliphatic hydroxyl groups excluding tert-OH is 1. The summed E-state index contributed by atoms with van der Waals surface area (Å²) >= 11 is 0. The lowest BCUT2D eigenvalue weighted by atomic mass is 9.85. The van der Waals surface area contributed by atoms with Crippen LogP contribution in [0.5, 0.6) is 5.75 Å². The highest BCUT2D eigenvalue weighted by Crippen LogP contribution is 2.42. The van der Waals surface area contributed by atoms with Gasteiger partial charge >= 0.3 is 18.0 Å². The first-order chi connectivity index (χ1) is 24.9. The molecule has 0 radical (unpaired) electrons. The van der Waals surface area contributed by atoms with Crippen LogP contribution in [0, 0.1) is 0 Å². The van der Waals surface area contributed by atoms with Crippen LogP contribution in [0.2, 0.25) is 0 Å². The first-order valence-corrected chi connectivity index (χ1v) is 17.2. The van der Waals surface area contributed by atoms with E-state index in [-0.39, 0.29) is 62.6 Å². The molecule has 52 heavy (non-hydrogen) atoms. The number of methoxy groups -OCH3 is 1. The third-order valence-electron chi connectivity index (χ3n) is 9.35. The molecular formula is C36H44N4O12. The second-order valence-electron chi connectivity index (χ2n) is 12.5. The lowest BCUT2D eigenvalue weighted by molar-refractivity contribution is -0.190. The quantitative estimate of drug-likeness (QED) is 0.0788. The van der Waals surface area contributed by atoms with Crippen molar-refractivity contribution in [1.82, 2.24) is 20.2 Å². The summed E-state index contributed by atoms with van der Waals surface area (Å²) in [4.78, 5) is 70.4. The van der Waals surface area contributed by atoms with Crippen molar-refractivity contribution in [3.8, 4) is 17.1 Å². The number of benzene rings is 1. The highest BCUT2D eigenvalue weighted by molar-refractivity contribution is 5.91. The number of nitrogens with one attached hydrogen (secondary N) is 2. The Labute approximate surface area is 299 Å². The normalized spacial score (nSPS) is 17.6. The molecule has 0 bridgehead atoms. The number of aromatic hydroxyl groups is 1. The molecule has 16 heteroatoms. The molecular weight excluding hydrogens is 680 g/mol. The predicted molar refractivity (Wildman–Crippen MR) is 184 cm³/mol. The van der Waals surface area contributed by atoms with Gasteiger partial charge in [-0.3, -0.25) is 9.59 Å². The van der Waals surface area contributed by atoms with Crippen molar-refractivity contribution >= 4 is 34.8 Å². The SMILES string of the molecule is CCc1c2c(nc3ccc(O)cc13)-c1cc3c(c(=O)n1C2)COC(=O)[C@@]3(CC)OC(=O)[C@@H](C)NC(=O)CCNC(=O)OCC(OC)OC(CC)CO. The van der Waals surface area contributed by atoms with Crippen molar-refractivity contribution in [2.24, 2.45) is 0 Å². The van der Waals surface area contributed by atoms with Gasteiger partial charge < -0.3 is 49.1 Å². The minimum Gasteiger partial charge on any atom is -0.508 e. The van der Waals surface area contributed by atoms with E-state index < -0.39 is 53.5 Å². The van der Waals surface area contributed by atoms with Crippen molar-refractivity contribution < 1.29 is 53.1 Å². The highest BCUT2D eigenvalue weighted by atomic mass is 16.7. The average molecular weight is 725 g/mol. The Morgan fingerprint density at radius 2 is 1.90 bits per heavy atom. The topological polar surface area (TPSA) is 214 Å². The second-order valence-corrected chi connectivity index (χ2v) is 12.5. The van der Waals surface area contributed by atoms with Crippen molar-refractivity contribution in [2.75, 3.05) is 26.9 Å². The van der Waals surface area contributed by atoms with Gasteiger partial charge in [0.15, 0.2) is 6.29 Å². The maximum Gasteiger partial charge on any atom is 0.407 e. The molecule has 0 fully saturated rings. The molecule has 4 N–H and O–H groups in total. The summed E-state index contributed by atoms with van der Waals surface area (Å²) in [7, 11) is 1.37. The summed E-state index contributed by atoms with van der Waals surface area (Å²) in [6.07, 6.45) is -1.34. The van der Waals surface area contributed by atoms with Gasteiger partial charge in [-0.05, 0) is 56.0 Å². The summed E-state index contributed by atoms with van der Waals surface area (Å²) in [5.74, 6) is -2.29. The number of ether oxygens (including phenoxy) is 5. The maximum absolute atomic E-state index is 13.9. The number of phenolic OH excluding ortho intramolecular Hbond substituents is 1. The van der Waals surface area contributed by atoms with Crippen molar-refractivity contribution in [3.63, 3.8) is 0 Å². The molecule has 0 saturated carbocycles. The molecule has 16 nitrogen and oxygen atoms in total. The summed E-state index contributed by atoms with van der Waals surface area (Å²) in [5, 5.41) is 25.1. The van der Waals surface area contributed by atoms with Gasteiger partial charge in [0.05, 0.1) is 41.7 Å². The van der Waals surface area contributed by atoms with E-state index in [4.69, 9.17) is 28.7 Å². The van der Waals surface area contributed by atoms with E-state index in [1.54, 1.807) is 29.7 Å². The summed E-state index contributed by atoms with van der Waals surface area (Å²) in [6, 6.07) is 5.33. The number of alkyl carbamates (subject to hydrolysis) is 1. The summed E-state index contributed by atoms with van der Waals surface area (Å²) in [6.45, 7) is 6.13. The van der Waals surface area contributed by atoms with E-state index in [1.165, 1.54) is 20.1 Å². The van der Waals surface area contributed by atoms with Crippen LogP contribution in [0.4, 0.5) is 4.79 Å². The number of nitrogens with zero attached hydrogens (tertiary/aromatic N) is 2. The monoisotopic (exact) mass is 724 g/mol. The van der Waals surface area contributed by atoms with Crippen LogP contribution in [0.1, 0.15) is 69.2 Å². The smallest absolute Gasteiger partial charge is 0.407 e. The Bertz CT molecular complexity index is 1920. The number of aryl methyl sites for hydroxylation is 1. The number of cyclic esters (lactones) is 1. The van der Waals surface area contributed by atoms with E-state index in [0.29, 0.717) is 29.7 Å². The fourth-order valence-electron chi connectivity index (χ4n) is 6.46. The largest absolute Gasteiger partial charge is 0.508 e. The third-order valence-corrected chi connectivity index (χ3v) is 9.35. The molecule has 2 amide bonds. The standard InChI is InChI=1S/C36H44N4O12/c1-6-21(16-41)51-30(48-5)18-50-35(47)37-12-11-29(43)38-19(4)33(45)52-36(8-3)26-14-28-31-24(15-40(28)32(44)25(26)17-49-34(36)46)22(7-2)23-13-20(42)9-10-27(23)39-31/h9-10,13-14,19,21,30,41-42H,6-8,11-12,15-18H2,1-5H3,(H,37,47)(H,38,43)/t19-,21?,30?,36+/m1/s1. The Morgan fingerprint density at radius 3 is 2.58 bits per heavy atom. The molecule has 0 saturated heterocycles. The van der Waals surface area contributed by atoms with Crippen LogP contribution < -0.4 is 16.2 Å². The zero-order valence-corrected chi connectivity index (χ0v) is 29.8. The molecule has 5 rings (SSSR count). The van der Waals surface area contributed by atoms with Gasteiger partial charge in [0.25, 0.3) is 5.56 Å². The zero-order valence-electron chi connectivity index (χ0n) is 29.8. The number of hydrogen-bond acceptors (Lipinski definition) is 13. The third kappa shape index (κ3) is 7.45. The summed E-state index contributed by atoms with van der Waals surface area (Å²) in [5.41, 5.74) is 1.38. The average Bonchev–Trinajstić information content (AvgIpc) is 3.50. The van der Waals surface area contributed by atoms with E-state index in [0.717, 1.165) is 16.5 Å². The number of esters is 2. The predicted octanol–water partition coefficient (Wildman–Crippen LogP) is 2.28. The highest BCUT2D eigenvalue weighted by Gasteiger charge is 2.51. The van der Waals surface area contributed by atoms with Crippen LogP contribution in [0.15, 0.2) is 29.1 Å². The minimum absolute atomic E-state index is 0.0638. The number of aliphatic hydroxyl groups is 1. The molecule has 4 atom stereocenters. The van der Waals surface area contributed by atoms with Crippen LogP contribution in [0.3, 0.4) is 0 Å². The lowest BCUT2D eigenvalue weighted by Crippen LogP contribution is -2.50. The zero-order chi connectivity index (χ0) is 37.7. The first-order valence-electron chi connectivity index (χ1n) is 17.2. The van der Waals surface area contributed by atoms with Gasteiger partial charge in [-0.25, -0.2) is 19.4 Å². The molecule has 2 aliphatic heterocycles. The van der Waals surface area contributed by atoms with Crippen molar-refractivity contribution in [3.05, 3.63) is 56.9 Å². The maximum atomic E-state index is 13.9. The van der Waals surface area contributed by atoms with E-state index in [2.05, 4.69) is 10.6 Å². The second kappa shape index (κ2) is 16.1. The molecule has 0 aliphatic carbocycles. The molecule has 280 valence electrons. The molecule has 2 aromatic heterocycles. The molecule has 2 unspecified atom stereocenters. The molecule has 1 aromatic carbocycles. The minimum atomic E-state index is -1.97. The van der Waals surface area contributed by atoms with Gasteiger partial charge in [0.1, 0.15) is 25.0 Å². The number of carbonyl (C=O) groups is 4. The number of aromatic nitrogens is 2. The number of fused-ring (bicyclic) bond motifs is 5. The number of rotatable bonds is 15. The molecule has 0 spiro atoms. The van der Waals surface area contributed by atoms with E-state index in [1.807, 2.05) is 13.8 Å². The fraction of sp³-hybridized carbons (Fsp3) is 0.500. The van der Waals surface area contributed by atoms with Crippen LogP contribution in [0.25, 0.3) is 22.3 Å². The molecule has 3 aromatic rings. The van der Waals surface area contributed by atoms with Gasteiger partial charge in [-0.15, -0.1) is 0 Å². The van der Waals surface area contributed by atoms with Crippen LogP contribution >= 0.6 is 0 Å². The number of hydrogen-bond donors (Lipinski definition) is 4. The first kappa shape index (κ1) is 38.2. The van der Waals surface area contributed by atoms with Crippen LogP contribution in [-0.4, -0.2) is 89.0 Å². The van der Waals surface area contributed by atoms with Gasteiger partial charge in [0.2, 0.25) is 11.5 Å². The summed E-state index contributed by atoms with van der Waals surface area (Å²) < 4.78 is 28.5. The Hall–Kier alpha value is -5.06. The van der Waals surface area contributed by atoms with Gasteiger partial charge in [0, 0.05) is 36.6 Å². The van der Waals surface area contributed by atoms with Gasteiger partial charge in [-0.1, -0.05) is 20.8 Å². The molecule has 4 heterocycles. The number of carbonyl (C=O) groups excluding carboxylic acids is 4. The van der Waals surface area contributed by atoms with Crippen molar-refractivity contribution in [2.45, 2.75) is 90.6 Å². The Kier molecular flexibility index (Phi) is 11.8. The number of phenols is 1. The lowest BCUT2D eigenvalue weighted by Gasteiger charge is -2.36. The Balaban J connectivity index is 1.27. The number of amides is 2. The van der Waals surface area contributed by atoms with E-state index >= 15 is 0 Å². The fourth-order valence-corrected chi connectivity index (χ4v) is 6.46. The molecule has 2 aliphatic rings. The van der Waals surface area contributed by atoms with Gasteiger partial charge in [-0.2, -0.15) is 0 Å². The van der Waals surface area contributed by atoms with Crippen molar-refractivity contribution in [1.29, 1.82) is 0 Å². The van der Waals surface area contributed by atoms with Crippen LogP contribution in [-0.2, 0) is 63.2 Å².